The van der Waals surface area contributed by atoms with Crippen LogP contribution in [0.4, 0.5) is 11.8 Å². The lowest BCUT2D eigenvalue weighted by molar-refractivity contribution is -0.126. The van der Waals surface area contributed by atoms with Crippen LogP contribution in [0.15, 0.2) is 42.5 Å². The van der Waals surface area contributed by atoms with E-state index in [1.54, 1.807) is 6.08 Å². The van der Waals surface area contributed by atoms with Crippen molar-refractivity contribution < 1.29 is 4.79 Å². The Bertz CT molecular complexity index is 868. The molecule has 2 aliphatic rings. The highest BCUT2D eigenvalue weighted by molar-refractivity contribution is 5.91. The number of hydrogen-bond acceptors (Lipinski definition) is 5. The molecule has 1 aliphatic heterocycles. The molecule has 1 amide bonds. The third kappa shape index (κ3) is 5.38. The van der Waals surface area contributed by atoms with Crippen LogP contribution in [0.2, 0.25) is 0 Å². The number of amides is 1. The minimum Gasteiger partial charge on any atom is -0.353 e. The van der Waals surface area contributed by atoms with E-state index in [2.05, 4.69) is 15.2 Å². The molecule has 2 heterocycles. The molecule has 0 unspecified atom stereocenters. The Labute approximate surface area is 179 Å². The Morgan fingerprint density at radius 1 is 1.03 bits per heavy atom. The van der Waals surface area contributed by atoms with Gasteiger partial charge >= 0.3 is 0 Å². The Hall–Kier alpha value is -2.89. The van der Waals surface area contributed by atoms with Crippen LogP contribution in [0.3, 0.4) is 0 Å². The predicted octanol–water partition coefficient (Wildman–Crippen LogP) is 3.89. The fraction of sp³-hybridized carbons (Fsp3) is 0.458. The van der Waals surface area contributed by atoms with Crippen molar-refractivity contribution in [3.05, 3.63) is 53.7 Å². The molecule has 1 aliphatic carbocycles. The van der Waals surface area contributed by atoms with Gasteiger partial charge in [-0.3, -0.25) is 4.79 Å². The molecular formula is C24H31N5O. The van der Waals surface area contributed by atoms with Gasteiger partial charge in [0.2, 0.25) is 11.9 Å². The van der Waals surface area contributed by atoms with Gasteiger partial charge in [0.25, 0.3) is 0 Å². The molecule has 4 rings (SSSR count). The summed E-state index contributed by atoms with van der Waals surface area (Å²) in [5, 5.41) is 3.54. The van der Waals surface area contributed by atoms with Gasteiger partial charge < -0.3 is 15.1 Å². The number of hydrogen-bond donors (Lipinski definition) is 1. The lowest BCUT2D eigenvalue weighted by Gasteiger charge is -2.35. The number of rotatable bonds is 5. The van der Waals surface area contributed by atoms with E-state index in [1.165, 1.54) is 32.1 Å². The smallest absolute Gasteiger partial charge is 0.246 e. The van der Waals surface area contributed by atoms with Crippen molar-refractivity contribution in [2.24, 2.45) is 0 Å². The minimum atomic E-state index is 0.0667. The zero-order valence-electron chi connectivity index (χ0n) is 17.8. The minimum absolute atomic E-state index is 0.0667. The zero-order valence-corrected chi connectivity index (χ0v) is 17.8. The number of aryl methyl sites for hydroxylation is 1. The first-order chi connectivity index (χ1) is 14.7. The van der Waals surface area contributed by atoms with Gasteiger partial charge in [0.15, 0.2) is 0 Å². The van der Waals surface area contributed by atoms with Crippen LogP contribution in [0.25, 0.3) is 6.08 Å². The van der Waals surface area contributed by atoms with Crippen LogP contribution in [-0.2, 0) is 4.79 Å². The molecule has 1 aromatic carbocycles. The first kappa shape index (κ1) is 20.4. The first-order valence-corrected chi connectivity index (χ1v) is 11.1. The molecular weight excluding hydrogens is 374 g/mol. The molecule has 2 fully saturated rings. The van der Waals surface area contributed by atoms with Gasteiger partial charge in [0.1, 0.15) is 5.82 Å². The van der Waals surface area contributed by atoms with Crippen molar-refractivity contribution in [2.45, 2.75) is 45.1 Å². The van der Waals surface area contributed by atoms with Crippen LogP contribution in [-0.4, -0.2) is 53.0 Å². The molecule has 0 spiro atoms. The summed E-state index contributed by atoms with van der Waals surface area (Å²) in [6, 6.07) is 12.5. The first-order valence-electron chi connectivity index (χ1n) is 11.1. The topological polar surface area (TPSA) is 61.4 Å². The largest absolute Gasteiger partial charge is 0.353 e. The molecule has 0 atom stereocenters. The van der Waals surface area contributed by atoms with Crippen LogP contribution in [0, 0.1) is 6.92 Å². The number of piperazine rings is 1. The summed E-state index contributed by atoms with van der Waals surface area (Å²) in [5.41, 5.74) is 2.02. The summed E-state index contributed by atoms with van der Waals surface area (Å²) < 4.78 is 0. The fourth-order valence-corrected chi connectivity index (χ4v) is 4.20. The summed E-state index contributed by atoms with van der Waals surface area (Å²) in [6.45, 7) is 4.98. The molecule has 6 nitrogen and oxygen atoms in total. The monoisotopic (exact) mass is 405 g/mol. The maximum absolute atomic E-state index is 12.5. The highest BCUT2D eigenvalue weighted by Gasteiger charge is 2.22. The normalized spacial score (nSPS) is 18.0. The zero-order chi connectivity index (χ0) is 20.8. The van der Waals surface area contributed by atoms with E-state index in [-0.39, 0.29) is 5.91 Å². The molecule has 1 aromatic heterocycles. The average molecular weight is 406 g/mol. The highest BCUT2D eigenvalue weighted by Crippen LogP contribution is 2.22. The Morgan fingerprint density at radius 3 is 2.50 bits per heavy atom. The number of nitrogens with one attached hydrogen (secondary N) is 1. The summed E-state index contributed by atoms with van der Waals surface area (Å²) in [6.07, 6.45) is 9.85. The van der Waals surface area contributed by atoms with Crippen LogP contribution in [0.5, 0.6) is 0 Å². The summed E-state index contributed by atoms with van der Waals surface area (Å²) in [4.78, 5) is 26.1. The quantitative estimate of drug-likeness (QED) is 0.765. The van der Waals surface area contributed by atoms with E-state index >= 15 is 0 Å². The molecule has 2 aromatic rings. The van der Waals surface area contributed by atoms with E-state index < -0.39 is 0 Å². The standard InChI is InChI=1S/C24H31N5O/c1-19-18-22(27-24(25-19)26-21-10-6-3-7-11-21)28-14-16-29(17-15-28)23(30)13-12-20-8-4-2-5-9-20/h2,4-5,8-9,12-13,18,21H,3,6-7,10-11,14-17H2,1H3,(H,25,26,27)/b13-12+. The molecule has 6 heteroatoms. The lowest BCUT2D eigenvalue weighted by atomic mass is 9.96. The average Bonchev–Trinajstić information content (AvgIpc) is 2.78. The third-order valence-electron chi connectivity index (χ3n) is 5.91. The SMILES string of the molecule is Cc1cc(N2CCN(C(=O)/C=C/c3ccccc3)CC2)nc(NC2CCCCC2)n1. The number of benzene rings is 1. The Kier molecular flexibility index (Phi) is 6.62. The van der Waals surface area contributed by atoms with Gasteiger partial charge in [-0.2, -0.15) is 4.98 Å². The van der Waals surface area contributed by atoms with Crippen molar-refractivity contribution in [3.63, 3.8) is 0 Å². The number of carbonyl (C=O) groups is 1. The van der Waals surface area contributed by atoms with Crippen LogP contribution in [0.1, 0.15) is 43.4 Å². The lowest BCUT2D eigenvalue weighted by Crippen LogP contribution is -2.48. The number of aromatic nitrogens is 2. The van der Waals surface area contributed by atoms with E-state index in [1.807, 2.05) is 54.3 Å². The maximum atomic E-state index is 12.5. The van der Waals surface area contributed by atoms with E-state index in [4.69, 9.17) is 4.98 Å². The van der Waals surface area contributed by atoms with E-state index in [0.29, 0.717) is 19.1 Å². The van der Waals surface area contributed by atoms with E-state index in [0.717, 1.165) is 36.1 Å². The Balaban J connectivity index is 1.34. The van der Waals surface area contributed by atoms with Gasteiger partial charge in [0, 0.05) is 50.1 Å². The molecule has 1 saturated heterocycles. The molecule has 1 N–H and O–H groups in total. The molecule has 1 saturated carbocycles. The van der Waals surface area contributed by atoms with Gasteiger partial charge in [-0.05, 0) is 31.4 Å². The number of carbonyl (C=O) groups excluding carboxylic acids is 1. The van der Waals surface area contributed by atoms with Gasteiger partial charge in [-0.25, -0.2) is 4.98 Å². The second-order valence-electron chi connectivity index (χ2n) is 8.23. The van der Waals surface area contributed by atoms with Crippen LogP contribution >= 0.6 is 0 Å². The van der Waals surface area contributed by atoms with Crippen molar-refractivity contribution >= 4 is 23.7 Å². The molecule has 158 valence electrons. The summed E-state index contributed by atoms with van der Waals surface area (Å²) in [5.74, 6) is 1.76. The van der Waals surface area contributed by atoms with Crippen molar-refractivity contribution in [1.29, 1.82) is 0 Å². The second kappa shape index (κ2) is 9.74. The third-order valence-corrected chi connectivity index (χ3v) is 5.91. The molecule has 30 heavy (non-hydrogen) atoms. The van der Waals surface area contributed by atoms with Crippen molar-refractivity contribution in [3.8, 4) is 0 Å². The summed E-state index contributed by atoms with van der Waals surface area (Å²) >= 11 is 0. The van der Waals surface area contributed by atoms with Gasteiger partial charge in [0.05, 0.1) is 0 Å². The number of anilines is 2. The maximum Gasteiger partial charge on any atom is 0.246 e. The van der Waals surface area contributed by atoms with Gasteiger partial charge in [-0.1, -0.05) is 49.6 Å². The fourth-order valence-electron chi connectivity index (χ4n) is 4.20. The second-order valence-corrected chi connectivity index (χ2v) is 8.23. The molecule has 0 bridgehead atoms. The number of nitrogens with zero attached hydrogens (tertiary/aromatic N) is 4. The van der Waals surface area contributed by atoms with Crippen molar-refractivity contribution in [2.75, 3.05) is 36.4 Å². The predicted molar refractivity (Wildman–Crippen MR) is 122 cm³/mol. The Morgan fingerprint density at radius 2 is 1.77 bits per heavy atom. The van der Waals surface area contributed by atoms with Gasteiger partial charge in [-0.15, -0.1) is 0 Å². The van der Waals surface area contributed by atoms with Crippen LogP contribution < -0.4 is 10.2 Å². The van der Waals surface area contributed by atoms with Crippen molar-refractivity contribution in [1.82, 2.24) is 14.9 Å². The van der Waals surface area contributed by atoms with E-state index in [9.17, 15) is 4.79 Å². The molecule has 0 radical (unpaired) electrons. The summed E-state index contributed by atoms with van der Waals surface area (Å²) in [7, 11) is 0. The highest BCUT2D eigenvalue weighted by atomic mass is 16.2.